The van der Waals surface area contributed by atoms with Gasteiger partial charge in [0.05, 0.1) is 14.2 Å². The van der Waals surface area contributed by atoms with Crippen LogP contribution < -0.4 is 14.8 Å². The van der Waals surface area contributed by atoms with Crippen molar-refractivity contribution in [3.8, 4) is 17.2 Å². The first kappa shape index (κ1) is 11.5. The van der Waals surface area contributed by atoms with Crippen LogP contribution in [0.5, 0.6) is 17.2 Å². The lowest BCUT2D eigenvalue weighted by Crippen LogP contribution is -2.09. The largest absolute Gasteiger partial charge is 0.502 e. The van der Waals surface area contributed by atoms with Crippen molar-refractivity contribution in [1.82, 2.24) is 0 Å². The monoisotopic (exact) mass is 211 g/mol. The fraction of sp³-hybridized carbons (Fsp3) is 0.455. The zero-order valence-electron chi connectivity index (χ0n) is 9.50. The van der Waals surface area contributed by atoms with E-state index < -0.39 is 0 Å². The lowest BCUT2D eigenvalue weighted by molar-refractivity contribution is 0.340. The maximum absolute atomic E-state index is 9.67. The van der Waals surface area contributed by atoms with Crippen LogP contribution in [-0.4, -0.2) is 25.4 Å². The van der Waals surface area contributed by atoms with Crippen molar-refractivity contribution in [3.63, 3.8) is 0 Å². The molecule has 0 heterocycles. The molecule has 0 saturated carbocycles. The Labute approximate surface area is 89.8 Å². The van der Waals surface area contributed by atoms with Gasteiger partial charge in [0.2, 0.25) is 5.75 Å². The molecule has 0 aromatic heterocycles. The van der Waals surface area contributed by atoms with Crippen molar-refractivity contribution in [2.24, 2.45) is 0 Å². The molecule has 0 aliphatic carbocycles. The molecule has 0 radical (unpaired) electrons. The van der Waals surface area contributed by atoms with Gasteiger partial charge in [-0.3, -0.25) is 0 Å². The van der Waals surface area contributed by atoms with Gasteiger partial charge in [0.1, 0.15) is 0 Å². The highest BCUT2D eigenvalue weighted by Gasteiger charge is 2.11. The highest BCUT2D eigenvalue weighted by molar-refractivity contribution is 5.62. The molecule has 0 spiro atoms. The molecule has 0 amide bonds. The number of phenols is 1. The summed E-state index contributed by atoms with van der Waals surface area (Å²) in [6.45, 7) is 4.07. The fourth-order valence-corrected chi connectivity index (χ4v) is 1.31. The minimum Gasteiger partial charge on any atom is -0.502 e. The first-order valence-electron chi connectivity index (χ1n) is 4.80. The van der Waals surface area contributed by atoms with Crippen molar-refractivity contribution in [2.75, 3.05) is 19.5 Å². The average molecular weight is 211 g/mol. The van der Waals surface area contributed by atoms with Gasteiger partial charge in [-0.15, -0.1) is 0 Å². The number of hydrogen-bond donors (Lipinski definition) is 2. The van der Waals surface area contributed by atoms with Crippen LogP contribution in [0.2, 0.25) is 0 Å². The van der Waals surface area contributed by atoms with E-state index in [0.717, 1.165) is 5.69 Å². The molecular formula is C11H17NO3. The Hall–Kier alpha value is -1.58. The molecule has 0 bridgehead atoms. The number of anilines is 1. The van der Waals surface area contributed by atoms with E-state index in [1.54, 1.807) is 12.1 Å². The second-order valence-corrected chi connectivity index (χ2v) is 3.53. The summed E-state index contributed by atoms with van der Waals surface area (Å²) in [5, 5.41) is 12.9. The van der Waals surface area contributed by atoms with Crippen LogP contribution >= 0.6 is 0 Å². The molecule has 0 saturated heterocycles. The Morgan fingerprint density at radius 1 is 1.13 bits per heavy atom. The molecule has 4 nitrogen and oxygen atoms in total. The van der Waals surface area contributed by atoms with Gasteiger partial charge in [-0.1, -0.05) is 0 Å². The molecule has 0 unspecified atom stereocenters. The second-order valence-electron chi connectivity index (χ2n) is 3.53. The Morgan fingerprint density at radius 3 is 1.93 bits per heavy atom. The zero-order valence-corrected chi connectivity index (χ0v) is 9.50. The standard InChI is InChI=1S/C11H17NO3/c1-7(2)12-8-5-9(14-3)11(13)10(6-8)15-4/h5-7,12-13H,1-4H3. The Morgan fingerprint density at radius 2 is 1.60 bits per heavy atom. The number of ether oxygens (including phenoxy) is 2. The first-order chi connectivity index (χ1) is 7.08. The number of hydrogen-bond acceptors (Lipinski definition) is 4. The number of aromatic hydroxyl groups is 1. The molecule has 0 aliphatic heterocycles. The maximum Gasteiger partial charge on any atom is 0.200 e. The molecule has 0 atom stereocenters. The van der Waals surface area contributed by atoms with E-state index in [4.69, 9.17) is 9.47 Å². The van der Waals surface area contributed by atoms with Gasteiger partial charge in [-0.2, -0.15) is 0 Å². The third kappa shape index (κ3) is 2.68. The highest BCUT2D eigenvalue weighted by atomic mass is 16.5. The van der Waals surface area contributed by atoms with Crippen LogP contribution in [0.25, 0.3) is 0 Å². The topological polar surface area (TPSA) is 50.7 Å². The van der Waals surface area contributed by atoms with Gasteiger partial charge in [0, 0.05) is 23.9 Å². The molecule has 0 fully saturated rings. The van der Waals surface area contributed by atoms with Crippen LogP contribution in [0.3, 0.4) is 0 Å². The molecule has 1 rings (SSSR count). The van der Waals surface area contributed by atoms with Gasteiger partial charge in [0.15, 0.2) is 11.5 Å². The molecule has 0 aliphatic rings. The third-order valence-corrected chi connectivity index (χ3v) is 1.94. The normalized spacial score (nSPS) is 10.2. The van der Waals surface area contributed by atoms with Crippen LogP contribution in [0, 0.1) is 0 Å². The summed E-state index contributed by atoms with van der Waals surface area (Å²) in [5.74, 6) is 0.823. The third-order valence-electron chi connectivity index (χ3n) is 1.94. The second kappa shape index (κ2) is 4.77. The van der Waals surface area contributed by atoms with E-state index >= 15 is 0 Å². The molecule has 84 valence electrons. The molecule has 1 aromatic carbocycles. The lowest BCUT2D eigenvalue weighted by Gasteiger charge is -2.14. The fourth-order valence-electron chi connectivity index (χ4n) is 1.31. The summed E-state index contributed by atoms with van der Waals surface area (Å²) >= 11 is 0. The van der Waals surface area contributed by atoms with Crippen molar-refractivity contribution in [3.05, 3.63) is 12.1 Å². The van der Waals surface area contributed by atoms with Gasteiger partial charge < -0.3 is 19.9 Å². The van der Waals surface area contributed by atoms with Gasteiger partial charge in [0.25, 0.3) is 0 Å². The highest BCUT2D eigenvalue weighted by Crippen LogP contribution is 2.38. The maximum atomic E-state index is 9.67. The van der Waals surface area contributed by atoms with E-state index in [0.29, 0.717) is 17.5 Å². The number of benzene rings is 1. The molecule has 4 heteroatoms. The predicted octanol–water partition coefficient (Wildman–Crippen LogP) is 2.23. The van der Waals surface area contributed by atoms with E-state index in [1.165, 1.54) is 14.2 Å². The Bertz CT molecular complexity index is 312. The number of phenolic OH excluding ortho intramolecular Hbond substituents is 1. The summed E-state index contributed by atoms with van der Waals surface area (Å²) in [5.41, 5.74) is 0.858. The summed E-state index contributed by atoms with van der Waals surface area (Å²) in [6, 6.07) is 3.78. The lowest BCUT2D eigenvalue weighted by atomic mass is 10.2. The summed E-state index contributed by atoms with van der Waals surface area (Å²) in [4.78, 5) is 0. The van der Waals surface area contributed by atoms with E-state index in [9.17, 15) is 5.11 Å². The average Bonchev–Trinajstić information content (AvgIpc) is 2.19. The number of nitrogens with one attached hydrogen (secondary N) is 1. The van der Waals surface area contributed by atoms with Gasteiger partial charge >= 0.3 is 0 Å². The molecule has 2 N–H and O–H groups in total. The predicted molar refractivity (Wildman–Crippen MR) is 60.0 cm³/mol. The smallest absolute Gasteiger partial charge is 0.200 e. The van der Waals surface area contributed by atoms with E-state index in [2.05, 4.69) is 5.32 Å². The zero-order chi connectivity index (χ0) is 11.4. The van der Waals surface area contributed by atoms with Crippen molar-refractivity contribution < 1.29 is 14.6 Å². The van der Waals surface area contributed by atoms with Crippen LogP contribution in [-0.2, 0) is 0 Å². The quantitative estimate of drug-likeness (QED) is 0.750. The summed E-state index contributed by atoms with van der Waals surface area (Å²) in [7, 11) is 3.02. The van der Waals surface area contributed by atoms with Gasteiger partial charge in [-0.05, 0) is 13.8 Å². The number of rotatable bonds is 4. The SMILES string of the molecule is COc1cc(NC(C)C)cc(OC)c1O. The Kier molecular flexibility index (Phi) is 3.66. The van der Waals surface area contributed by atoms with Crippen LogP contribution in [0.4, 0.5) is 5.69 Å². The van der Waals surface area contributed by atoms with Crippen molar-refractivity contribution in [2.45, 2.75) is 19.9 Å². The molecule has 15 heavy (non-hydrogen) atoms. The number of methoxy groups -OCH3 is 2. The summed E-state index contributed by atoms with van der Waals surface area (Å²) in [6.07, 6.45) is 0. The first-order valence-corrected chi connectivity index (χ1v) is 4.80. The van der Waals surface area contributed by atoms with Gasteiger partial charge in [-0.25, -0.2) is 0 Å². The summed E-state index contributed by atoms with van der Waals surface area (Å²) < 4.78 is 10.1. The minimum absolute atomic E-state index is 0.0225. The van der Waals surface area contributed by atoms with E-state index in [-0.39, 0.29) is 5.75 Å². The molecule has 1 aromatic rings. The van der Waals surface area contributed by atoms with Crippen molar-refractivity contribution in [1.29, 1.82) is 0 Å². The van der Waals surface area contributed by atoms with Crippen LogP contribution in [0.15, 0.2) is 12.1 Å². The van der Waals surface area contributed by atoms with Crippen LogP contribution in [0.1, 0.15) is 13.8 Å². The van der Waals surface area contributed by atoms with E-state index in [1.807, 2.05) is 13.8 Å². The Balaban J connectivity index is 3.09. The molecular weight excluding hydrogens is 194 g/mol. The minimum atomic E-state index is 0.0225. The van der Waals surface area contributed by atoms with Crippen molar-refractivity contribution >= 4 is 5.69 Å².